The predicted octanol–water partition coefficient (Wildman–Crippen LogP) is 4.00. The molecule has 3 aromatic rings. The van der Waals surface area contributed by atoms with E-state index in [9.17, 15) is 18.5 Å². The zero-order valence-electron chi connectivity index (χ0n) is 15.0. The van der Waals surface area contributed by atoms with Gasteiger partial charge < -0.3 is 4.74 Å². The fourth-order valence-electron chi connectivity index (χ4n) is 2.67. The van der Waals surface area contributed by atoms with E-state index in [4.69, 9.17) is 4.74 Å². The molecule has 0 saturated heterocycles. The molecule has 0 spiro atoms. The molecular weight excluding hydrogens is 380 g/mol. The minimum Gasteiger partial charge on any atom is -0.497 e. The summed E-state index contributed by atoms with van der Waals surface area (Å²) in [5.41, 5.74) is 2.08. The lowest BCUT2D eigenvalue weighted by molar-refractivity contribution is -0.384. The Morgan fingerprint density at radius 2 is 1.64 bits per heavy atom. The zero-order chi connectivity index (χ0) is 20.1. The first-order chi connectivity index (χ1) is 13.4. The van der Waals surface area contributed by atoms with Crippen LogP contribution >= 0.6 is 0 Å². The Morgan fingerprint density at radius 1 is 0.964 bits per heavy atom. The highest BCUT2D eigenvalue weighted by molar-refractivity contribution is 7.92. The molecule has 3 rings (SSSR count). The number of anilines is 1. The van der Waals surface area contributed by atoms with E-state index in [0.29, 0.717) is 17.9 Å². The largest absolute Gasteiger partial charge is 0.497 e. The minimum absolute atomic E-state index is 0.0174. The highest BCUT2D eigenvalue weighted by Crippen LogP contribution is 2.21. The number of nitro groups is 1. The fraction of sp³-hybridized carbons (Fsp3) is 0.100. The summed E-state index contributed by atoms with van der Waals surface area (Å²) in [6.45, 7) is 0. The maximum atomic E-state index is 12.7. The van der Waals surface area contributed by atoms with Crippen molar-refractivity contribution in [3.8, 4) is 5.75 Å². The highest BCUT2D eigenvalue weighted by atomic mass is 32.2. The maximum absolute atomic E-state index is 12.7. The molecule has 0 aliphatic rings. The number of non-ortho nitro benzene ring substituents is 1. The van der Waals surface area contributed by atoms with Crippen molar-refractivity contribution in [2.24, 2.45) is 0 Å². The van der Waals surface area contributed by atoms with Gasteiger partial charge >= 0.3 is 0 Å². The van der Waals surface area contributed by atoms with Crippen LogP contribution in [0.3, 0.4) is 0 Å². The fourth-order valence-corrected chi connectivity index (χ4v) is 3.80. The summed E-state index contributed by atoms with van der Waals surface area (Å²) in [7, 11) is -2.21. The number of hydrogen-bond acceptors (Lipinski definition) is 5. The number of hydrogen-bond donors (Lipinski definition) is 1. The summed E-state index contributed by atoms with van der Waals surface area (Å²) < 4.78 is 32.9. The molecule has 0 atom stereocenters. The van der Waals surface area contributed by atoms with Gasteiger partial charge in [-0.05, 0) is 53.9 Å². The highest BCUT2D eigenvalue weighted by Gasteiger charge is 2.15. The number of benzene rings is 3. The molecule has 1 N–H and O–H groups in total. The standard InChI is InChI=1S/C20H18N2O5S/c1-27-19-11-7-17(8-12-19)21-28(25,26)20-4-2-3-16(14-20)13-15-5-9-18(10-6-15)22(23)24/h2-12,14,21H,13H2,1H3. The average molecular weight is 398 g/mol. The van der Waals surface area contributed by atoms with Gasteiger partial charge in [-0.15, -0.1) is 0 Å². The van der Waals surface area contributed by atoms with Gasteiger partial charge in [-0.3, -0.25) is 14.8 Å². The molecule has 0 unspecified atom stereocenters. The topological polar surface area (TPSA) is 98.5 Å². The monoisotopic (exact) mass is 398 g/mol. The second-order valence-electron chi connectivity index (χ2n) is 6.08. The van der Waals surface area contributed by atoms with Gasteiger partial charge in [0.1, 0.15) is 5.75 Å². The van der Waals surface area contributed by atoms with Crippen LogP contribution in [0.25, 0.3) is 0 Å². The van der Waals surface area contributed by atoms with Crippen molar-refractivity contribution in [2.45, 2.75) is 11.3 Å². The van der Waals surface area contributed by atoms with Gasteiger partial charge in [-0.2, -0.15) is 0 Å². The van der Waals surface area contributed by atoms with Crippen LogP contribution < -0.4 is 9.46 Å². The van der Waals surface area contributed by atoms with E-state index in [1.165, 1.54) is 25.3 Å². The van der Waals surface area contributed by atoms with E-state index in [1.807, 2.05) is 6.07 Å². The summed E-state index contributed by atoms with van der Waals surface area (Å²) in [6.07, 6.45) is 0.462. The first-order valence-corrected chi connectivity index (χ1v) is 9.85. The van der Waals surface area contributed by atoms with Gasteiger partial charge in [-0.25, -0.2) is 8.42 Å². The van der Waals surface area contributed by atoms with E-state index in [2.05, 4.69) is 4.72 Å². The molecule has 0 amide bonds. The molecule has 8 heteroatoms. The second-order valence-corrected chi connectivity index (χ2v) is 7.76. The molecule has 144 valence electrons. The van der Waals surface area contributed by atoms with Crippen LogP contribution in [0.5, 0.6) is 5.75 Å². The van der Waals surface area contributed by atoms with Crippen molar-refractivity contribution in [3.05, 3.63) is 94.0 Å². The van der Waals surface area contributed by atoms with Gasteiger partial charge in [-0.1, -0.05) is 24.3 Å². The van der Waals surface area contributed by atoms with Crippen LogP contribution in [0, 0.1) is 10.1 Å². The van der Waals surface area contributed by atoms with E-state index < -0.39 is 14.9 Å². The smallest absolute Gasteiger partial charge is 0.269 e. The van der Waals surface area contributed by atoms with Crippen LogP contribution in [-0.2, 0) is 16.4 Å². The first kappa shape index (κ1) is 19.4. The zero-order valence-corrected chi connectivity index (χ0v) is 15.8. The third kappa shape index (κ3) is 4.66. The third-order valence-electron chi connectivity index (χ3n) is 4.11. The SMILES string of the molecule is COc1ccc(NS(=O)(=O)c2cccc(Cc3ccc([N+](=O)[O-])cc3)c2)cc1. The van der Waals surface area contributed by atoms with Gasteiger partial charge in [0.25, 0.3) is 15.7 Å². The van der Waals surface area contributed by atoms with Crippen LogP contribution in [0.15, 0.2) is 77.7 Å². The van der Waals surface area contributed by atoms with Crippen LogP contribution in [0.4, 0.5) is 11.4 Å². The molecular formula is C20H18N2O5S. The number of ether oxygens (including phenoxy) is 1. The van der Waals surface area contributed by atoms with Gasteiger partial charge in [0.2, 0.25) is 0 Å². The Kier molecular flexibility index (Phi) is 5.60. The lowest BCUT2D eigenvalue weighted by Gasteiger charge is -2.10. The van der Waals surface area contributed by atoms with Crippen molar-refractivity contribution in [3.63, 3.8) is 0 Å². The van der Waals surface area contributed by atoms with Crippen LogP contribution in [0.1, 0.15) is 11.1 Å². The molecule has 0 bridgehead atoms. The summed E-state index contributed by atoms with van der Waals surface area (Å²) in [6, 6.07) is 19.4. The molecule has 0 saturated carbocycles. The maximum Gasteiger partial charge on any atom is 0.269 e. The van der Waals surface area contributed by atoms with Crippen LogP contribution in [0.2, 0.25) is 0 Å². The molecule has 0 aliphatic heterocycles. The predicted molar refractivity (Wildman–Crippen MR) is 106 cm³/mol. The minimum atomic E-state index is -3.75. The lowest BCUT2D eigenvalue weighted by atomic mass is 10.0. The Hall–Kier alpha value is -3.39. The summed E-state index contributed by atoms with van der Waals surface area (Å²) in [5.74, 6) is 0.632. The molecule has 0 radical (unpaired) electrons. The Morgan fingerprint density at radius 3 is 2.25 bits per heavy atom. The molecule has 0 heterocycles. The van der Waals surface area contributed by atoms with Crippen molar-refractivity contribution in [1.82, 2.24) is 0 Å². The summed E-state index contributed by atoms with van der Waals surface area (Å²) in [5, 5.41) is 10.7. The van der Waals surface area contributed by atoms with E-state index in [-0.39, 0.29) is 10.6 Å². The summed E-state index contributed by atoms with van der Waals surface area (Å²) in [4.78, 5) is 10.4. The number of sulfonamides is 1. The first-order valence-electron chi connectivity index (χ1n) is 8.36. The molecule has 0 aromatic heterocycles. The summed E-state index contributed by atoms with van der Waals surface area (Å²) >= 11 is 0. The molecule has 3 aromatic carbocycles. The lowest BCUT2D eigenvalue weighted by Crippen LogP contribution is -2.13. The Balaban J connectivity index is 1.78. The Bertz CT molecular complexity index is 1080. The molecule has 0 fully saturated rings. The van der Waals surface area contributed by atoms with E-state index in [1.54, 1.807) is 48.5 Å². The normalized spacial score (nSPS) is 11.0. The number of rotatable bonds is 7. The van der Waals surface area contributed by atoms with Gasteiger partial charge in [0.05, 0.1) is 16.9 Å². The van der Waals surface area contributed by atoms with Gasteiger partial charge in [0.15, 0.2) is 0 Å². The van der Waals surface area contributed by atoms with E-state index >= 15 is 0 Å². The van der Waals surface area contributed by atoms with Gasteiger partial charge in [0, 0.05) is 17.8 Å². The second kappa shape index (κ2) is 8.10. The Labute approximate surface area is 162 Å². The van der Waals surface area contributed by atoms with E-state index in [0.717, 1.165) is 11.1 Å². The number of nitrogens with zero attached hydrogens (tertiary/aromatic N) is 1. The van der Waals surface area contributed by atoms with Crippen LogP contribution in [-0.4, -0.2) is 20.5 Å². The third-order valence-corrected chi connectivity index (χ3v) is 5.49. The quantitative estimate of drug-likeness (QED) is 0.479. The number of nitrogens with one attached hydrogen (secondary N) is 1. The molecule has 28 heavy (non-hydrogen) atoms. The molecule has 0 aliphatic carbocycles. The average Bonchev–Trinajstić information content (AvgIpc) is 2.69. The van der Waals surface area contributed by atoms with Crippen molar-refractivity contribution < 1.29 is 18.1 Å². The van der Waals surface area contributed by atoms with Crippen molar-refractivity contribution in [2.75, 3.05) is 11.8 Å². The number of methoxy groups -OCH3 is 1. The van der Waals surface area contributed by atoms with Crippen molar-refractivity contribution >= 4 is 21.4 Å². The molecule has 7 nitrogen and oxygen atoms in total. The van der Waals surface area contributed by atoms with Crippen molar-refractivity contribution in [1.29, 1.82) is 0 Å². The number of nitro benzene ring substituents is 1.